The lowest BCUT2D eigenvalue weighted by Gasteiger charge is -2.10. The molecule has 4 rings (SSSR count). The molecular weight excluding hydrogens is 464 g/mol. The summed E-state index contributed by atoms with van der Waals surface area (Å²) >= 11 is 4.80. The van der Waals surface area contributed by atoms with Crippen LogP contribution in [0.1, 0.15) is 11.3 Å². The maximum atomic E-state index is 12.5. The number of aromatic nitrogens is 3. The lowest BCUT2D eigenvalue weighted by Crippen LogP contribution is -2.15. The van der Waals surface area contributed by atoms with Crippen LogP contribution >= 0.6 is 27.7 Å². The van der Waals surface area contributed by atoms with Gasteiger partial charge in [-0.1, -0.05) is 54.2 Å². The van der Waals surface area contributed by atoms with Crippen molar-refractivity contribution in [3.05, 3.63) is 82.7 Å². The van der Waals surface area contributed by atoms with Gasteiger partial charge in [0, 0.05) is 4.47 Å². The molecule has 1 amide bonds. The second-order valence-corrected chi connectivity index (χ2v) is 8.38. The number of carbonyl (C=O) groups excluding carboxylic acids is 1. The van der Waals surface area contributed by atoms with E-state index in [2.05, 4.69) is 43.6 Å². The van der Waals surface area contributed by atoms with E-state index < -0.39 is 0 Å². The lowest BCUT2D eigenvalue weighted by atomic mass is 10.2. The van der Waals surface area contributed by atoms with Crippen LogP contribution in [0.3, 0.4) is 0 Å². The number of benzene rings is 2. The molecular formula is C22H19BrN4O2S. The number of rotatable bonds is 7. The summed E-state index contributed by atoms with van der Waals surface area (Å²) in [5.41, 5.74) is 2.76. The molecule has 30 heavy (non-hydrogen) atoms. The summed E-state index contributed by atoms with van der Waals surface area (Å²) in [6, 6.07) is 19.5. The first-order valence-electron chi connectivity index (χ1n) is 9.30. The Bertz CT molecular complexity index is 1160. The van der Waals surface area contributed by atoms with Crippen LogP contribution in [-0.2, 0) is 11.3 Å². The van der Waals surface area contributed by atoms with Gasteiger partial charge in [0.15, 0.2) is 11.0 Å². The Morgan fingerprint density at radius 3 is 2.60 bits per heavy atom. The second kappa shape index (κ2) is 9.32. The highest BCUT2D eigenvalue weighted by atomic mass is 79.9. The number of aryl methyl sites for hydroxylation is 1. The van der Waals surface area contributed by atoms with E-state index in [1.54, 1.807) is 6.26 Å². The van der Waals surface area contributed by atoms with Crippen LogP contribution in [-0.4, -0.2) is 26.4 Å². The average Bonchev–Trinajstić information content (AvgIpc) is 3.34. The molecule has 1 N–H and O–H groups in total. The van der Waals surface area contributed by atoms with Crippen LogP contribution in [0.4, 0.5) is 5.69 Å². The maximum absolute atomic E-state index is 12.5. The van der Waals surface area contributed by atoms with E-state index in [0.29, 0.717) is 11.7 Å². The first kappa shape index (κ1) is 20.4. The van der Waals surface area contributed by atoms with Gasteiger partial charge >= 0.3 is 0 Å². The molecule has 0 aliphatic carbocycles. The summed E-state index contributed by atoms with van der Waals surface area (Å²) in [5, 5.41) is 12.3. The Morgan fingerprint density at radius 1 is 1.10 bits per heavy atom. The average molecular weight is 483 g/mol. The first-order valence-corrected chi connectivity index (χ1v) is 11.1. The fourth-order valence-electron chi connectivity index (χ4n) is 3.00. The molecule has 0 aliphatic rings. The van der Waals surface area contributed by atoms with Gasteiger partial charge in [-0.25, -0.2) is 0 Å². The number of hydrogen-bond donors (Lipinski definition) is 1. The van der Waals surface area contributed by atoms with Crippen molar-refractivity contribution < 1.29 is 9.21 Å². The summed E-state index contributed by atoms with van der Waals surface area (Å²) in [6.07, 6.45) is 1.64. The smallest absolute Gasteiger partial charge is 0.234 e. The van der Waals surface area contributed by atoms with Crippen LogP contribution in [0, 0.1) is 6.92 Å². The van der Waals surface area contributed by atoms with Gasteiger partial charge < -0.3 is 9.73 Å². The minimum absolute atomic E-state index is 0.109. The Morgan fingerprint density at radius 2 is 1.87 bits per heavy atom. The summed E-state index contributed by atoms with van der Waals surface area (Å²) in [7, 11) is 0. The van der Waals surface area contributed by atoms with Crippen molar-refractivity contribution in [2.75, 3.05) is 11.1 Å². The van der Waals surface area contributed by atoms with Gasteiger partial charge in [-0.05, 0) is 46.6 Å². The number of thioether (sulfide) groups is 1. The van der Waals surface area contributed by atoms with Gasteiger partial charge in [-0.15, -0.1) is 10.2 Å². The molecule has 6 nitrogen and oxygen atoms in total. The molecule has 0 atom stereocenters. The van der Waals surface area contributed by atoms with Crippen molar-refractivity contribution in [1.82, 2.24) is 14.8 Å². The molecule has 2 heterocycles. The Hall–Kier alpha value is -2.84. The van der Waals surface area contributed by atoms with Gasteiger partial charge in [0.2, 0.25) is 5.91 Å². The van der Waals surface area contributed by atoms with Gasteiger partial charge in [-0.3, -0.25) is 9.36 Å². The van der Waals surface area contributed by atoms with Gasteiger partial charge in [0.05, 0.1) is 29.8 Å². The molecule has 4 aromatic rings. The third-order valence-corrected chi connectivity index (χ3v) is 6.14. The first-order chi connectivity index (χ1) is 14.6. The number of nitrogens with zero attached hydrogens (tertiary/aromatic N) is 3. The van der Waals surface area contributed by atoms with Crippen molar-refractivity contribution >= 4 is 39.3 Å². The molecule has 0 aliphatic heterocycles. The van der Waals surface area contributed by atoms with E-state index in [1.165, 1.54) is 11.8 Å². The van der Waals surface area contributed by atoms with E-state index in [1.807, 2.05) is 60.0 Å². The van der Waals surface area contributed by atoms with E-state index in [-0.39, 0.29) is 11.7 Å². The minimum atomic E-state index is -0.109. The molecule has 0 unspecified atom stereocenters. The molecule has 2 aromatic heterocycles. The molecule has 2 aromatic carbocycles. The van der Waals surface area contributed by atoms with Gasteiger partial charge in [-0.2, -0.15) is 0 Å². The van der Waals surface area contributed by atoms with Crippen molar-refractivity contribution in [2.45, 2.75) is 18.6 Å². The van der Waals surface area contributed by atoms with E-state index in [9.17, 15) is 4.79 Å². The molecule has 0 saturated heterocycles. The zero-order chi connectivity index (χ0) is 20.9. The molecule has 0 spiro atoms. The highest BCUT2D eigenvalue weighted by molar-refractivity contribution is 9.10. The summed E-state index contributed by atoms with van der Waals surface area (Å²) in [4.78, 5) is 12.5. The highest BCUT2D eigenvalue weighted by Gasteiger charge is 2.19. The van der Waals surface area contributed by atoms with E-state index in [4.69, 9.17) is 4.42 Å². The highest BCUT2D eigenvalue weighted by Crippen LogP contribution is 2.28. The summed E-state index contributed by atoms with van der Waals surface area (Å²) in [5.74, 6) is 1.61. The van der Waals surface area contributed by atoms with Gasteiger partial charge in [0.25, 0.3) is 0 Å². The summed E-state index contributed by atoms with van der Waals surface area (Å²) in [6.45, 7) is 2.50. The number of para-hydroxylation sites is 1. The SMILES string of the molecule is Cc1occc1-c1nnc(SCC(=O)Nc2ccccc2Br)n1Cc1ccccc1. The van der Waals surface area contributed by atoms with Crippen LogP contribution in [0.2, 0.25) is 0 Å². The Kier molecular flexibility index (Phi) is 6.35. The van der Waals surface area contributed by atoms with Crippen molar-refractivity contribution in [1.29, 1.82) is 0 Å². The van der Waals surface area contributed by atoms with Crippen molar-refractivity contribution in [2.24, 2.45) is 0 Å². The molecule has 152 valence electrons. The van der Waals surface area contributed by atoms with Crippen molar-refractivity contribution in [3.63, 3.8) is 0 Å². The fourth-order valence-corrected chi connectivity index (χ4v) is 4.12. The number of halogens is 1. The Balaban J connectivity index is 1.55. The monoisotopic (exact) mass is 482 g/mol. The number of amides is 1. The van der Waals surface area contributed by atoms with Gasteiger partial charge in [0.1, 0.15) is 5.76 Å². The van der Waals surface area contributed by atoms with Crippen LogP contribution < -0.4 is 5.32 Å². The molecule has 0 fully saturated rings. The van der Waals surface area contributed by atoms with E-state index in [0.717, 1.165) is 32.9 Å². The normalized spacial score (nSPS) is 10.9. The number of anilines is 1. The second-order valence-electron chi connectivity index (χ2n) is 6.59. The topological polar surface area (TPSA) is 72.9 Å². The van der Waals surface area contributed by atoms with Crippen LogP contribution in [0.25, 0.3) is 11.4 Å². The predicted octanol–water partition coefficient (Wildman–Crippen LogP) is 5.39. The molecule has 0 radical (unpaired) electrons. The fraction of sp³-hybridized carbons (Fsp3) is 0.136. The third-order valence-electron chi connectivity index (χ3n) is 4.48. The molecule has 8 heteroatoms. The predicted molar refractivity (Wildman–Crippen MR) is 122 cm³/mol. The number of hydrogen-bond acceptors (Lipinski definition) is 5. The standard InChI is InChI=1S/C22H19BrN4O2S/c1-15-17(11-12-29-15)21-25-26-22(27(21)13-16-7-3-2-4-8-16)30-14-20(28)24-19-10-6-5-9-18(19)23/h2-12H,13-14H2,1H3,(H,24,28). The Labute approximate surface area is 186 Å². The number of carbonyl (C=O) groups is 1. The van der Waals surface area contributed by atoms with Crippen molar-refractivity contribution in [3.8, 4) is 11.4 Å². The summed E-state index contributed by atoms with van der Waals surface area (Å²) < 4.78 is 8.31. The van der Waals surface area contributed by atoms with Crippen LogP contribution in [0.15, 0.2) is 81.0 Å². The largest absolute Gasteiger partial charge is 0.469 e. The number of furan rings is 1. The lowest BCUT2D eigenvalue weighted by molar-refractivity contribution is -0.113. The zero-order valence-corrected chi connectivity index (χ0v) is 18.6. The maximum Gasteiger partial charge on any atom is 0.234 e. The molecule has 0 saturated carbocycles. The quantitative estimate of drug-likeness (QED) is 0.357. The third kappa shape index (κ3) is 4.66. The zero-order valence-electron chi connectivity index (χ0n) is 16.2. The molecule has 0 bridgehead atoms. The van der Waals surface area contributed by atoms with Crippen LogP contribution in [0.5, 0.6) is 0 Å². The minimum Gasteiger partial charge on any atom is -0.469 e. The van der Waals surface area contributed by atoms with E-state index >= 15 is 0 Å². The number of nitrogens with one attached hydrogen (secondary N) is 1.